The van der Waals surface area contributed by atoms with E-state index < -0.39 is 11.4 Å². The number of nitrogens with one attached hydrogen (secondary N) is 1. The lowest BCUT2D eigenvalue weighted by molar-refractivity contribution is 0.0707. The summed E-state index contributed by atoms with van der Waals surface area (Å²) >= 11 is -1.49. The van der Waals surface area contributed by atoms with E-state index in [1.807, 2.05) is 37.4 Å². The number of aromatic nitrogens is 3. The summed E-state index contributed by atoms with van der Waals surface area (Å²) < 4.78 is 22.9. The molecule has 2 aliphatic heterocycles. The highest BCUT2D eigenvalue weighted by atomic mass is 32.2. The Morgan fingerprint density at radius 3 is 2.61 bits per heavy atom. The Bertz CT molecular complexity index is 1490. The number of nitrogens with zero attached hydrogens (tertiary/aromatic N) is 4. The van der Waals surface area contributed by atoms with Crippen LogP contribution in [0.5, 0.6) is 5.88 Å². The summed E-state index contributed by atoms with van der Waals surface area (Å²) in [5.74, 6) is 1.69. The first-order chi connectivity index (χ1) is 19.9. The van der Waals surface area contributed by atoms with Crippen molar-refractivity contribution in [2.45, 2.75) is 51.5 Å². The zero-order chi connectivity index (χ0) is 28.3. The van der Waals surface area contributed by atoms with Crippen LogP contribution in [0.1, 0.15) is 40.8 Å². The lowest BCUT2D eigenvalue weighted by Crippen LogP contribution is -2.42. The number of hydrogen-bond donors (Lipinski definition) is 1. The van der Waals surface area contributed by atoms with Gasteiger partial charge in [0, 0.05) is 42.5 Å². The van der Waals surface area contributed by atoms with Crippen molar-refractivity contribution in [1.29, 1.82) is 0 Å². The van der Waals surface area contributed by atoms with E-state index in [-0.39, 0.29) is 0 Å². The number of hydrogen-bond acceptors (Lipinski definition) is 7. The molecule has 4 aromatic rings. The summed E-state index contributed by atoms with van der Waals surface area (Å²) in [5, 5.41) is 0. The molecule has 41 heavy (non-hydrogen) atoms. The van der Waals surface area contributed by atoms with Crippen molar-refractivity contribution in [1.82, 2.24) is 19.9 Å². The summed E-state index contributed by atoms with van der Waals surface area (Å²) in [6.07, 6.45) is 5.13. The molecular formula is C33H37N5O2S. The lowest BCUT2D eigenvalue weighted by Gasteiger charge is -2.38. The third-order valence-corrected chi connectivity index (χ3v) is 9.39. The van der Waals surface area contributed by atoms with Crippen LogP contribution >= 0.6 is 0 Å². The number of aryl methyl sites for hydroxylation is 4. The maximum absolute atomic E-state index is 13.3. The molecule has 4 heterocycles. The SMILES string of the molecule is Cc1ccc(CN2CCC3CCc4cccc(c4)[S+]([O-])Nc4nc(cc(-c5c(C)cccc5C)n4)OC[C@H]3C2)cn1. The normalized spacial score (nSPS) is 21.2. The average molecular weight is 568 g/mol. The van der Waals surface area contributed by atoms with Gasteiger partial charge in [0.1, 0.15) is 11.4 Å². The summed E-state index contributed by atoms with van der Waals surface area (Å²) in [4.78, 5) is 17.2. The highest BCUT2D eigenvalue weighted by molar-refractivity contribution is 7.92. The van der Waals surface area contributed by atoms with Crippen LogP contribution in [0.15, 0.2) is 71.8 Å². The number of pyridine rings is 1. The number of fused-ring (bicyclic) bond motifs is 5. The van der Waals surface area contributed by atoms with Crippen LogP contribution in [0.25, 0.3) is 11.3 Å². The number of piperidine rings is 1. The van der Waals surface area contributed by atoms with E-state index in [0.29, 0.717) is 30.3 Å². The fourth-order valence-corrected chi connectivity index (χ4v) is 6.95. The van der Waals surface area contributed by atoms with Crippen LogP contribution < -0.4 is 9.46 Å². The number of likely N-dealkylation sites (tertiary alicyclic amines) is 1. The van der Waals surface area contributed by atoms with Gasteiger partial charge in [-0.3, -0.25) is 9.88 Å². The van der Waals surface area contributed by atoms with Crippen molar-refractivity contribution in [3.05, 3.63) is 94.8 Å². The summed E-state index contributed by atoms with van der Waals surface area (Å²) in [6, 6.07) is 20.5. The Morgan fingerprint density at radius 1 is 0.976 bits per heavy atom. The molecule has 0 aliphatic carbocycles. The average Bonchev–Trinajstić information content (AvgIpc) is 2.96. The van der Waals surface area contributed by atoms with Crippen LogP contribution in [-0.2, 0) is 24.3 Å². The van der Waals surface area contributed by atoms with Gasteiger partial charge >= 0.3 is 0 Å². The first kappa shape index (κ1) is 27.7. The Labute approximate surface area is 245 Å². The molecule has 2 aromatic heterocycles. The summed E-state index contributed by atoms with van der Waals surface area (Å²) in [5.41, 5.74) is 7.54. The second-order valence-corrected chi connectivity index (χ2v) is 12.6. The van der Waals surface area contributed by atoms with Crippen LogP contribution in [-0.4, -0.2) is 44.1 Å². The van der Waals surface area contributed by atoms with Crippen molar-refractivity contribution in [2.24, 2.45) is 11.8 Å². The van der Waals surface area contributed by atoms with Gasteiger partial charge in [0.2, 0.25) is 5.88 Å². The molecule has 3 atom stereocenters. The molecule has 8 heteroatoms. The van der Waals surface area contributed by atoms with Crippen molar-refractivity contribution < 1.29 is 9.29 Å². The predicted octanol–water partition coefficient (Wildman–Crippen LogP) is 6.06. The molecular weight excluding hydrogens is 530 g/mol. The van der Waals surface area contributed by atoms with Gasteiger partial charge < -0.3 is 9.29 Å². The fourth-order valence-electron chi connectivity index (χ4n) is 6.11. The van der Waals surface area contributed by atoms with E-state index in [1.54, 1.807) is 0 Å². The van der Waals surface area contributed by atoms with Gasteiger partial charge in [-0.15, -0.1) is 0 Å². The summed E-state index contributed by atoms with van der Waals surface area (Å²) in [7, 11) is 0. The van der Waals surface area contributed by atoms with Gasteiger partial charge in [0.25, 0.3) is 5.95 Å². The Balaban J connectivity index is 1.32. The standard InChI is InChI=1S/C33H37N5O2S/c1-22-6-4-7-23(2)32(22)30-17-31-36-33(35-30)37-41(39)29-9-5-8-25(16-29)12-13-27-14-15-38(20-28(27)21-40-31)19-26-11-10-24(3)34-18-26/h4-11,16-18,27-28H,12-15,19-21H2,1-3H3,(H,35,36,37)/t27?,28-,41?/m1/s1. The largest absolute Gasteiger partial charge is 0.588 e. The zero-order valence-corrected chi connectivity index (χ0v) is 24.8. The quantitative estimate of drug-likeness (QED) is 0.301. The first-order valence-corrected chi connectivity index (χ1v) is 15.6. The van der Waals surface area contributed by atoms with Crippen LogP contribution in [0, 0.1) is 32.6 Å². The lowest BCUT2D eigenvalue weighted by atomic mass is 9.82. The monoisotopic (exact) mass is 567 g/mol. The molecule has 0 amide bonds. The number of anilines is 1. The van der Waals surface area contributed by atoms with Crippen molar-refractivity contribution in [3.63, 3.8) is 0 Å². The second-order valence-electron chi connectivity index (χ2n) is 11.4. The maximum Gasteiger partial charge on any atom is 0.269 e. The number of rotatable bonds is 3. The third-order valence-electron chi connectivity index (χ3n) is 8.34. The van der Waals surface area contributed by atoms with E-state index in [9.17, 15) is 4.55 Å². The smallest absolute Gasteiger partial charge is 0.269 e. The van der Waals surface area contributed by atoms with E-state index >= 15 is 0 Å². The topological polar surface area (TPSA) is 86.2 Å². The molecule has 7 nitrogen and oxygen atoms in total. The number of ether oxygens (including phenoxy) is 1. The third kappa shape index (κ3) is 6.56. The summed E-state index contributed by atoms with van der Waals surface area (Å²) in [6.45, 7) is 9.66. The zero-order valence-electron chi connectivity index (χ0n) is 24.0. The van der Waals surface area contributed by atoms with Crippen molar-refractivity contribution in [3.8, 4) is 17.1 Å². The second kappa shape index (κ2) is 12.2. The van der Waals surface area contributed by atoms with Gasteiger partial charge in [-0.1, -0.05) is 36.4 Å². The molecule has 4 bridgehead atoms. The predicted molar refractivity (Wildman–Crippen MR) is 163 cm³/mol. The Morgan fingerprint density at radius 2 is 1.80 bits per heavy atom. The van der Waals surface area contributed by atoms with Crippen molar-refractivity contribution in [2.75, 3.05) is 24.4 Å². The van der Waals surface area contributed by atoms with Gasteiger partial charge in [0.05, 0.1) is 12.3 Å². The minimum Gasteiger partial charge on any atom is -0.588 e. The molecule has 6 rings (SSSR count). The highest BCUT2D eigenvalue weighted by Gasteiger charge is 2.30. The van der Waals surface area contributed by atoms with Gasteiger partial charge in [-0.05, 0) is 92.9 Å². The molecule has 2 unspecified atom stereocenters. The van der Waals surface area contributed by atoms with Crippen molar-refractivity contribution >= 4 is 17.3 Å². The van der Waals surface area contributed by atoms with Gasteiger partial charge in [-0.25, -0.2) is 4.98 Å². The minimum atomic E-state index is -1.49. The first-order valence-electron chi connectivity index (χ1n) is 14.4. The minimum absolute atomic E-state index is 0.301. The van der Waals surface area contributed by atoms with E-state index in [1.165, 1.54) is 11.1 Å². The van der Waals surface area contributed by atoms with Crippen LogP contribution in [0.4, 0.5) is 5.95 Å². The molecule has 1 fully saturated rings. The van der Waals surface area contributed by atoms with Gasteiger partial charge in [0.15, 0.2) is 4.90 Å². The Kier molecular flexibility index (Phi) is 8.23. The molecule has 2 aromatic carbocycles. The maximum atomic E-state index is 13.3. The highest BCUT2D eigenvalue weighted by Crippen LogP contribution is 2.33. The van der Waals surface area contributed by atoms with Crippen LogP contribution in [0.3, 0.4) is 0 Å². The van der Waals surface area contributed by atoms with Crippen LogP contribution in [0.2, 0.25) is 0 Å². The van der Waals surface area contributed by atoms with Gasteiger partial charge in [-0.2, -0.15) is 9.71 Å². The fraction of sp³-hybridized carbons (Fsp3) is 0.364. The Hall–Kier alpha value is -3.46. The molecule has 1 saturated heterocycles. The molecule has 2 aliphatic rings. The molecule has 1 N–H and O–H groups in total. The van der Waals surface area contributed by atoms with E-state index in [4.69, 9.17) is 9.72 Å². The van der Waals surface area contributed by atoms with E-state index in [0.717, 1.165) is 71.9 Å². The molecule has 0 saturated carbocycles. The molecule has 212 valence electrons. The number of benzene rings is 2. The molecule has 0 spiro atoms. The molecule has 0 radical (unpaired) electrons. The van der Waals surface area contributed by atoms with E-state index in [2.05, 4.69) is 69.8 Å².